The molecule has 59 heavy (non-hydrogen) atoms. The molecule has 2 radical (unpaired) electrons. The molecule has 0 aliphatic heterocycles. The van der Waals surface area contributed by atoms with E-state index < -0.39 is 62.0 Å². The summed E-state index contributed by atoms with van der Waals surface area (Å²) in [6.45, 7) is 11.7. The topological polar surface area (TPSA) is 140 Å². The van der Waals surface area contributed by atoms with E-state index >= 15 is 0 Å². The molecule has 4 atom stereocenters. The number of aliphatic hydroxyl groups excluding tert-OH is 4. The van der Waals surface area contributed by atoms with Crippen molar-refractivity contribution in [2.24, 2.45) is 0 Å². The van der Waals surface area contributed by atoms with Crippen molar-refractivity contribution < 1.29 is 142 Å². The average molecular weight is 1090 g/mol. The summed E-state index contributed by atoms with van der Waals surface area (Å²) in [5.41, 5.74) is 0. The van der Waals surface area contributed by atoms with Crippen molar-refractivity contribution in [3.8, 4) is 0 Å². The standard InChI is InChI=1S/C12H30N4.C10H22O5.2C5H6F6O2.2Ag/c1-13(2)7-9-15(5)11-12-16(6)10-8-14(3)4;1-11-3-5-13-7-9-15-10-8-14-6-4-12-2;2*6-4(7,8)2(12)1-3(13)5(9,10)11;;/h7-12H2,1-6H3;3-10H2,1-2H3;2*2-3,12-13H,1H2;;. The zero-order chi connectivity index (χ0) is 45.5. The first-order valence-electron chi connectivity index (χ1n) is 17.3. The van der Waals surface area contributed by atoms with Gasteiger partial charge < -0.3 is 63.7 Å². The Bertz CT molecular complexity index is 802. The molecule has 0 rings (SSSR count). The number of ether oxygens (including phenoxy) is 5. The Kier molecular flexibility index (Phi) is 47.6. The van der Waals surface area contributed by atoms with Crippen molar-refractivity contribution >= 4 is 0 Å². The van der Waals surface area contributed by atoms with E-state index in [1.165, 1.54) is 0 Å². The summed E-state index contributed by atoms with van der Waals surface area (Å²) in [4.78, 5) is 9.25. The predicted molar refractivity (Wildman–Crippen MR) is 186 cm³/mol. The maximum Gasteiger partial charge on any atom is 0.414 e. The monoisotopic (exact) mass is 1090 g/mol. The van der Waals surface area contributed by atoms with Crippen molar-refractivity contribution in [3.05, 3.63) is 0 Å². The van der Waals surface area contributed by atoms with E-state index in [1.807, 2.05) is 0 Å². The molecule has 0 saturated carbocycles. The number of halogens is 12. The van der Waals surface area contributed by atoms with Crippen LogP contribution in [0.2, 0.25) is 0 Å². The number of likely N-dealkylation sites (N-methyl/N-ethyl adjacent to an activating group) is 4. The maximum absolute atomic E-state index is 11.5. The summed E-state index contributed by atoms with van der Waals surface area (Å²) in [6.07, 6.45) is -36.8. The quantitative estimate of drug-likeness (QED) is 0.0607. The number of alkyl halides is 12. The Balaban J connectivity index is -0.000000158. The Hall–Kier alpha value is 0.121. The van der Waals surface area contributed by atoms with Crippen LogP contribution in [0, 0.1) is 0 Å². The minimum Gasteiger partial charge on any atom is -0.384 e. The molecule has 0 amide bonds. The summed E-state index contributed by atoms with van der Waals surface area (Å²) in [5.74, 6) is 0. The average Bonchev–Trinajstić information content (AvgIpc) is 3.07. The molecule has 0 aromatic heterocycles. The molecule has 0 heterocycles. The fourth-order valence-electron chi connectivity index (χ4n) is 3.09. The third-order valence-corrected chi connectivity index (χ3v) is 6.73. The van der Waals surface area contributed by atoms with Crippen LogP contribution in [0.1, 0.15) is 12.8 Å². The number of rotatable bonds is 25. The van der Waals surface area contributed by atoms with Gasteiger partial charge in [-0.1, -0.05) is 0 Å². The van der Waals surface area contributed by atoms with Crippen LogP contribution in [-0.2, 0) is 68.4 Å². The fourth-order valence-corrected chi connectivity index (χ4v) is 3.09. The minimum atomic E-state index is -5.15. The number of nitrogens with zero attached hydrogens (tertiary/aromatic N) is 4. The van der Waals surface area contributed by atoms with Crippen LogP contribution >= 0.6 is 0 Å². The number of hydrogen-bond acceptors (Lipinski definition) is 13. The zero-order valence-corrected chi connectivity index (χ0v) is 37.3. The van der Waals surface area contributed by atoms with Gasteiger partial charge in [0.05, 0.1) is 52.9 Å². The van der Waals surface area contributed by atoms with Gasteiger partial charge in [0, 0.05) is 111 Å². The van der Waals surface area contributed by atoms with Gasteiger partial charge in [0.1, 0.15) is 0 Å². The largest absolute Gasteiger partial charge is 0.414 e. The Morgan fingerprint density at radius 2 is 0.559 bits per heavy atom. The van der Waals surface area contributed by atoms with E-state index in [-0.39, 0.29) is 44.8 Å². The molecule has 4 N–H and O–H groups in total. The normalized spacial score (nSPS) is 14.2. The number of hydrogen-bond donors (Lipinski definition) is 4. The van der Waals surface area contributed by atoms with E-state index in [4.69, 9.17) is 44.1 Å². The number of methoxy groups -OCH3 is 2. The van der Waals surface area contributed by atoms with Gasteiger partial charge in [0.15, 0.2) is 24.4 Å². The van der Waals surface area contributed by atoms with Gasteiger partial charge in [0.25, 0.3) is 0 Å². The molecule has 0 aromatic carbocycles. The molecule has 27 heteroatoms. The van der Waals surface area contributed by atoms with Crippen LogP contribution in [0.5, 0.6) is 0 Å². The zero-order valence-electron chi connectivity index (χ0n) is 34.4. The van der Waals surface area contributed by atoms with Gasteiger partial charge in [0.2, 0.25) is 0 Å². The second-order valence-corrected chi connectivity index (χ2v) is 12.7. The van der Waals surface area contributed by atoms with E-state index in [0.717, 1.165) is 39.3 Å². The Morgan fingerprint density at radius 3 is 0.729 bits per heavy atom. The van der Waals surface area contributed by atoms with Crippen LogP contribution in [0.25, 0.3) is 0 Å². The van der Waals surface area contributed by atoms with Crippen molar-refractivity contribution in [2.45, 2.75) is 62.0 Å². The van der Waals surface area contributed by atoms with E-state index in [2.05, 4.69) is 61.9 Å². The van der Waals surface area contributed by atoms with Gasteiger partial charge in [-0.2, -0.15) is 52.7 Å². The van der Waals surface area contributed by atoms with Crippen LogP contribution in [0.4, 0.5) is 52.7 Å². The summed E-state index contributed by atoms with van der Waals surface area (Å²) >= 11 is 0. The molecule has 0 bridgehead atoms. The minimum absolute atomic E-state index is 0. The van der Waals surface area contributed by atoms with E-state index in [1.54, 1.807) is 14.2 Å². The summed E-state index contributed by atoms with van der Waals surface area (Å²) in [7, 11) is 16.2. The molecule has 0 fully saturated rings. The van der Waals surface area contributed by atoms with Crippen LogP contribution < -0.4 is 0 Å². The van der Waals surface area contributed by atoms with Crippen LogP contribution in [0.3, 0.4) is 0 Å². The van der Waals surface area contributed by atoms with Gasteiger partial charge in [-0.3, -0.25) is 0 Å². The molecule has 13 nitrogen and oxygen atoms in total. The maximum atomic E-state index is 11.5. The first-order valence-corrected chi connectivity index (χ1v) is 17.3. The van der Waals surface area contributed by atoms with Crippen molar-refractivity contribution in [3.63, 3.8) is 0 Å². The SMILES string of the molecule is CN(C)CCN(C)CCN(C)CCN(C)C.COCCOCCOCCOCCOC.OC(CC(O)C(F)(F)F)C(F)(F)F.OC(CC(O)C(F)(F)F)C(F)(F)F.[Ag].[Ag]. The van der Waals surface area contributed by atoms with E-state index in [0.29, 0.717) is 52.9 Å². The summed E-state index contributed by atoms with van der Waals surface area (Å²) < 4.78 is 163. The summed E-state index contributed by atoms with van der Waals surface area (Å²) in [5, 5.41) is 32.5. The van der Waals surface area contributed by atoms with E-state index in [9.17, 15) is 52.7 Å². The van der Waals surface area contributed by atoms with Crippen molar-refractivity contribution in [1.82, 2.24) is 19.6 Å². The second-order valence-electron chi connectivity index (χ2n) is 12.7. The second kappa shape index (κ2) is 39.7. The molecule has 0 spiro atoms. The fraction of sp³-hybridized carbons (Fsp3) is 1.00. The smallest absolute Gasteiger partial charge is 0.384 e. The summed E-state index contributed by atoms with van der Waals surface area (Å²) in [6, 6.07) is 0. The van der Waals surface area contributed by atoms with Gasteiger partial charge >= 0.3 is 24.7 Å². The molecule has 4 unspecified atom stereocenters. The molecule has 0 saturated heterocycles. The molecular weight excluding hydrogens is 1030 g/mol. The van der Waals surface area contributed by atoms with Gasteiger partial charge in [-0.05, 0) is 42.3 Å². The molecular formula is C32H64Ag2F12N4O9. The molecule has 0 aliphatic rings. The molecule has 0 aliphatic carbocycles. The Morgan fingerprint density at radius 1 is 0.373 bits per heavy atom. The van der Waals surface area contributed by atoms with Crippen LogP contribution in [0.15, 0.2) is 0 Å². The van der Waals surface area contributed by atoms with Crippen molar-refractivity contribution in [2.75, 3.05) is 149 Å². The third-order valence-electron chi connectivity index (χ3n) is 6.73. The van der Waals surface area contributed by atoms with Crippen LogP contribution in [-0.4, -0.2) is 238 Å². The first kappa shape index (κ1) is 70.8. The first-order chi connectivity index (χ1) is 25.9. The van der Waals surface area contributed by atoms with Crippen molar-refractivity contribution in [1.29, 1.82) is 0 Å². The van der Waals surface area contributed by atoms with Gasteiger partial charge in [-0.25, -0.2) is 0 Å². The molecule has 0 aromatic rings. The van der Waals surface area contributed by atoms with Gasteiger partial charge in [-0.15, -0.1) is 0 Å². The molecule has 372 valence electrons. The Labute approximate surface area is 370 Å². The third kappa shape index (κ3) is 52.4. The predicted octanol–water partition coefficient (Wildman–Crippen LogP) is 2.74. The number of aliphatic hydroxyl groups is 4.